The van der Waals surface area contributed by atoms with E-state index in [1.807, 2.05) is 27.7 Å². The molecule has 7 rings (SSSR count). The molecule has 3 fully saturated rings. The summed E-state index contributed by atoms with van der Waals surface area (Å²) in [5.41, 5.74) is 4.36. The van der Waals surface area contributed by atoms with E-state index in [4.69, 9.17) is 9.72 Å². The summed E-state index contributed by atoms with van der Waals surface area (Å²) in [5, 5.41) is 9.46. The van der Waals surface area contributed by atoms with Crippen LogP contribution < -0.4 is 16.0 Å². The van der Waals surface area contributed by atoms with Crippen molar-refractivity contribution in [1.82, 2.24) is 25.5 Å². The van der Waals surface area contributed by atoms with E-state index in [1.165, 1.54) is 24.0 Å². The number of rotatable bonds is 6. The second kappa shape index (κ2) is 11.9. The molecule has 10 nitrogen and oxygen atoms in total. The van der Waals surface area contributed by atoms with Crippen molar-refractivity contribution in [2.75, 3.05) is 11.9 Å². The Labute approximate surface area is 261 Å². The maximum Gasteiger partial charge on any atom is 0.321 e. The van der Waals surface area contributed by atoms with Crippen LogP contribution in [0.2, 0.25) is 0 Å². The van der Waals surface area contributed by atoms with Crippen LogP contribution in [0.3, 0.4) is 0 Å². The topological polar surface area (TPSA) is 126 Å². The normalized spacial score (nSPS) is 21.5. The minimum Gasteiger partial charge on any atom is -0.373 e. The monoisotopic (exact) mass is 616 g/mol. The molecule has 3 aliphatic heterocycles. The van der Waals surface area contributed by atoms with Crippen molar-refractivity contribution in [1.29, 1.82) is 0 Å². The highest BCUT2D eigenvalue weighted by Gasteiger charge is 2.37. The number of carbonyl (C=O) groups is 3. The van der Waals surface area contributed by atoms with Crippen molar-refractivity contribution in [3.63, 3.8) is 0 Å². The van der Waals surface area contributed by atoms with Crippen LogP contribution in [0.1, 0.15) is 110 Å². The second-order valence-corrected chi connectivity index (χ2v) is 13.2. The zero-order valence-corrected chi connectivity index (χ0v) is 26.6. The number of aromatic nitrogens is 2. The summed E-state index contributed by atoms with van der Waals surface area (Å²) in [6.45, 7) is 12.9. The summed E-state index contributed by atoms with van der Waals surface area (Å²) in [6, 6.07) is 7.19. The Balaban J connectivity index is 0.00000168. The van der Waals surface area contributed by atoms with Gasteiger partial charge in [0.15, 0.2) is 0 Å². The van der Waals surface area contributed by atoms with E-state index in [1.54, 1.807) is 28.4 Å². The van der Waals surface area contributed by atoms with E-state index < -0.39 is 11.6 Å². The predicted molar refractivity (Wildman–Crippen MR) is 170 cm³/mol. The summed E-state index contributed by atoms with van der Waals surface area (Å²) in [7, 11) is 0. The van der Waals surface area contributed by atoms with Crippen molar-refractivity contribution in [2.24, 2.45) is 0 Å². The van der Waals surface area contributed by atoms with Gasteiger partial charge in [0, 0.05) is 24.3 Å². The number of thiazole rings is 1. The lowest BCUT2D eigenvalue weighted by Crippen LogP contribution is -2.45. The fraction of sp³-hybridized carbons (Fsp3) is 0.485. The third kappa shape index (κ3) is 5.82. The third-order valence-corrected chi connectivity index (χ3v) is 9.91. The average molecular weight is 617 g/mol. The molecule has 3 N–H and O–H groups in total. The standard InChI is InChI=1S/C31H34N6O4S.C2H6/c1-16-22(9-11-26(38)32-16)37-15-21-19(28(37)39)8-10-25(33-21)34-30(40)36-31(2,3)29-35-27-20(23-5-4-12-41-23)13-18(17-6-7-17)14-24(27)42-29;1-2/h8,10,13-14,17,22-23H,1,4-7,9,11-12,15H2,2-3H3,(H,32,38)(H2,33,34,36,40);1-2H3. The van der Waals surface area contributed by atoms with Crippen LogP contribution in [0.5, 0.6) is 0 Å². The fourth-order valence-corrected chi connectivity index (χ4v) is 7.29. The minimum atomic E-state index is -0.739. The summed E-state index contributed by atoms with van der Waals surface area (Å²) < 4.78 is 7.18. The average Bonchev–Trinajstić information content (AvgIpc) is 3.36. The molecule has 2 atom stereocenters. The fourth-order valence-electron chi connectivity index (χ4n) is 6.19. The summed E-state index contributed by atoms with van der Waals surface area (Å²) in [5.74, 6) is 0.740. The van der Waals surface area contributed by atoms with E-state index in [-0.39, 0.29) is 30.5 Å². The molecule has 0 radical (unpaired) electrons. The largest absolute Gasteiger partial charge is 0.373 e. The van der Waals surface area contributed by atoms with Gasteiger partial charge in [0.05, 0.1) is 45.7 Å². The van der Waals surface area contributed by atoms with Crippen molar-refractivity contribution < 1.29 is 19.1 Å². The molecule has 232 valence electrons. The van der Waals surface area contributed by atoms with Gasteiger partial charge in [-0.05, 0) is 75.6 Å². The van der Waals surface area contributed by atoms with Gasteiger partial charge < -0.3 is 20.3 Å². The Morgan fingerprint density at radius 1 is 1.14 bits per heavy atom. The number of fused-ring (bicyclic) bond motifs is 2. The molecule has 1 saturated carbocycles. The quantitative estimate of drug-likeness (QED) is 0.301. The third-order valence-electron chi connectivity index (χ3n) is 8.58. The van der Waals surface area contributed by atoms with Gasteiger partial charge in [-0.25, -0.2) is 14.8 Å². The van der Waals surface area contributed by atoms with Gasteiger partial charge >= 0.3 is 6.03 Å². The number of nitrogens with one attached hydrogen (secondary N) is 3. The molecule has 2 unspecified atom stereocenters. The van der Waals surface area contributed by atoms with Gasteiger partial charge in [0.2, 0.25) is 5.91 Å². The maximum atomic E-state index is 13.2. The number of hydrogen-bond acceptors (Lipinski definition) is 7. The van der Waals surface area contributed by atoms with E-state index in [0.717, 1.165) is 34.7 Å². The zero-order valence-electron chi connectivity index (χ0n) is 25.8. The second-order valence-electron chi connectivity index (χ2n) is 12.2. The molecule has 2 aromatic heterocycles. The maximum absolute atomic E-state index is 13.2. The number of ether oxygens (including phenoxy) is 1. The Hall–Kier alpha value is -3.83. The zero-order chi connectivity index (χ0) is 31.2. The Kier molecular flexibility index (Phi) is 8.19. The van der Waals surface area contributed by atoms with Gasteiger partial charge in [-0.15, -0.1) is 11.3 Å². The molecular weight excluding hydrogens is 576 g/mol. The van der Waals surface area contributed by atoms with Crippen molar-refractivity contribution in [3.8, 4) is 0 Å². The number of nitrogens with zero attached hydrogens (tertiary/aromatic N) is 3. The van der Waals surface area contributed by atoms with E-state index in [9.17, 15) is 14.4 Å². The molecule has 1 aliphatic carbocycles. The first-order valence-electron chi connectivity index (χ1n) is 15.6. The molecule has 3 aromatic rings. The van der Waals surface area contributed by atoms with Gasteiger partial charge in [0.1, 0.15) is 10.8 Å². The number of amides is 4. The molecule has 11 heteroatoms. The van der Waals surface area contributed by atoms with Crippen LogP contribution >= 0.6 is 11.3 Å². The van der Waals surface area contributed by atoms with Crippen LogP contribution in [-0.2, 0) is 21.6 Å². The van der Waals surface area contributed by atoms with Crippen LogP contribution in [0.4, 0.5) is 10.6 Å². The van der Waals surface area contributed by atoms with Crippen molar-refractivity contribution in [2.45, 2.75) is 96.4 Å². The van der Waals surface area contributed by atoms with Gasteiger partial charge in [0.25, 0.3) is 5.91 Å². The number of benzene rings is 1. The SMILES string of the molecule is C=C1NC(=O)CCC1N1Cc2nc(NC(=O)NC(C)(C)c3nc4c(C5CCCO5)cc(C5CC5)cc4s3)ccc2C1=O.CC. The first kappa shape index (κ1) is 30.2. The molecule has 0 bridgehead atoms. The lowest BCUT2D eigenvalue weighted by Gasteiger charge is -2.32. The van der Waals surface area contributed by atoms with E-state index >= 15 is 0 Å². The number of anilines is 1. The lowest BCUT2D eigenvalue weighted by molar-refractivity contribution is -0.121. The van der Waals surface area contributed by atoms with Gasteiger partial charge in [-0.1, -0.05) is 26.5 Å². The minimum absolute atomic E-state index is 0.0733. The molecule has 4 aliphatic rings. The summed E-state index contributed by atoms with van der Waals surface area (Å²) in [6.07, 6.45) is 5.45. The van der Waals surface area contributed by atoms with Gasteiger partial charge in [-0.2, -0.15) is 0 Å². The highest BCUT2D eigenvalue weighted by Crippen LogP contribution is 2.45. The highest BCUT2D eigenvalue weighted by atomic mass is 32.1. The van der Waals surface area contributed by atoms with Crippen molar-refractivity contribution in [3.05, 3.63) is 63.9 Å². The number of urea groups is 1. The van der Waals surface area contributed by atoms with Crippen molar-refractivity contribution >= 4 is 45.2 Å². The first-order valence-corrected chi connectivity index (χ1v) is 16.4. The van der Waals surface area contributed by atoms with E-state index in [0.29, 0.717) is 41.5 Å². The molecular formula is C33H40N6O4S. The molecule has 0 spiro atoms. The number of piperidine rings is 1. The molecule has 5 heterocycles. The summed E-state index contributed by atoms with van der Waals surface area (Å²) >= 11 is 1.61. The van der Waals surface area contributed by atoms with Crippen LogP contribution in [0.25, 0.3) is 10.2 Å². The molecule has 44 heavy (non-hydrogen) atoms. The molecule has 1 aromatic carbocycles. The number of hydrogen-bond donors (Lipinski definition) is 3. The Bertz CT molecular complexity index is 1640. The first-order chi connectivity index (χ1) is 21.2. The lowest BCUT2D eigenvalue weighted by atomic mass is 10.00. The number of pyridine rings is 1. The predicted octanol–water partition coefficient (Wildman–Crippen LogP) is 6.25. The van der Waals surface area contributed by atoms with E-state index in [2.05, 4.69) is 39.6 Å². The van der Waals surface area contributed by atoms with Crippen LogP contribution in [0, 0.1) is 0 Å². The highest BCUT2D eigenvalue weighted by molar-refractivity contribution is 7.18. The Morgan fingerprint density at radius 2 is 1.93 bits per heavy atom. The number of carbonyl (C=O) groups excluding carboxylic acids is 3. The summed E-state index contributed by atoms with van der Waals surface area (Å²) in [4.78, 5) is 49.2. The Morgan fingerprint density at radius 3 is 2.64 bits per heavy atom. The molecule has 2 saturated heterocycles. The van der Waals surface area contributed by atoms with Crippen LogP contribution in [0.15, 0.2) is 36.5 Å². The van der Waals surface area contributed by atoms with Gasteiger partial charge in [-0.3, -0.25) is 14.9 Å². The molecule has 4 amide bonds. The van der Waals surface area contributed by atoms with Crippen LogP contribution in [-0.4, -0.2) is 45.4 Å². The smallest absolute Gasteiger partial charge is 0.321 e.